The van der Waals surface area contributed by atoms with E-state index >= 15 is 0 Å². The Hall–Kier alpha value is -2.94. The predicted octanol–water partition coefficient (Wildman–Crippen LogP) is 3.20. The van der Waals surface area contributed by atoms with E-state index in [1.165, 1.54) is 21.3 Å². The minimum atomic E-state index is -0.478. The standard InChI is InChI=1S/C19H21N5O3S/c25-16(13-20-17-18(24(26)27)23-10-11-28-19(23)21-17)22-8-6-15(7-9-22)12-14-4-2-1-3-5-14/h1-5,10-11,15,20H,6-9,12-13H2. The van der Waals surface area contributed by atoms with Crippen molar-refractivity contribution in [1.29, 1.82) is 0 Å². The number of carbonyl (C=O) groups is 1. The Balaban J connectivity index is 1.31. The third-order valence-electron chi connectivity index (χ3n) is 5.15. The summed E-state index contributed by atoms with van der Waals surface area (Å²) in [5.74, 6) is 0.541. The lowest BCUT2D eigenvalue weighted by molar-refractivity contribution is -0.389. The van der Waals surface area contributed by atoms with Gasteiger partial charge in [-0.15, -0.1) is 0 Å². The fraction of sp³-hybridized carbons (Fsp3) is 0.368. The summed E-state index contributed by atoms with van der Waals surface area (Å²) in [5.41, 5.74) is 1.33. The summed E-state index contributed by atoms with van der Waals surface area (Å²) in [6, 6.07) is 10.4. The number of amides is 1. The highest BCUT2D eigenvalue weighted by molar-refractivity contribution is 7.15. The Kier molecular flexibility index (Phi) is 5.25. The summed E-state index contributed by atoms with van der Waals surface area (Å²) >= 11 is 1.31. The van der Waals surface area contributed by atoms with Gasteiger partial charge in [0, 0.05) is 18.5 Å². The van der Waals surface area contributed by atoms with Crippen LogP contribution in [0.15, 0.2) is 41.9 Å². The van der Waals surface area contributed by atoms with Crippen molar-refractivity contribution in [3.05, 3.63) is 57.6 Å². The highest BCUT2D eigenvalue weighted by Crippen LogP contribution is 2.28. The quantitative estimate of drug-likeness (QED) is 0.508. The summed E-state index contributed by atoms with van der Waals surface area (Å²) in [7, 11) is 0. The number of anilines is 1. The molecule has 8 nitrogen and oxygen atoms in total. The second-order valence-corrected chi connectivity index (χ2v) is 7.84. The van der Waals surface area contributed by atoms with Crippen LogP contribution in [-0.2, 0) is 11.2 Å². The lowest BCUT2D eigenvalue weighted by Gasteiger charge is -2.32. The minimum Gasteiger partial charge on any atom is -0.358 e. The van der Waals surface area contributed by atoms with Gasteiger partial charge in [-0.05, 0) is 35.7 Å². The third-order valence-corrected chi connectivity index (χ3v) is 5.91. The van der Waals surface area contributed by atoms with E-state index in [1.54, 1.807) is 11.6 Å². The van der Waals surface area contributed by atoms with E-state index in [9.17, 15) is 14.9 Å². The topological polar surface area (TPSA) is 92.8 Å². The van der Waals surface area contributed by atoms with Crippen LogP contribution < -0.4 is 5.32 Å². The number of thiazole rings is 1. The number of imidazole rings is 1. The number of hydrogen-bond donors (Lipinski definition) is 1. The van der Waals surface area contributed by atoms with E-state index < -0.39 is 4.92 Å². The largest absolute Gasteiger partial charge is 0.372 e. The summed E-state index contributed by atoms with van der Waals surface area (Å²) in [4.78, 5) is 30.0. The SMILES string of the molecule is O=C(CNc1nc2sccn2c1[N+](=O)[O-])N1CCC(Cc2ccccc2)CC1. The zero-order valence-electron chi connectivity index (χ0n) is 15.3. The molecule has 0 spiro atoms. The van der Waals surface area contributed by atoms with Crippen molar-refractivity contribution in [2.75, 3.05) is 25.0 Å². The number of aromatic nitrogens is 2. The monoisotopic (exact) mass is 399 g/mol. The molecule has 146 valence electrons. The number of nitro groups is 1. The fourth-order valence-electron chi connectivity index (χ4n) is 3.67. The summed E-state index contributed by atoms with van der Waals surface area (Å²) in [5, 5.41) is 15.9. The first-order valence-corrected chi connectivity index (χ1v) is 10.2. The van der Waals surface area contributed by atoms with E-state index in [4.69, 9.17) is 0 Å². The molecule has 1 N–H and O–H groups in total. The first kappa shape index (κ1) is 18.4. The molecule has 9 heteroatoms. The van der Waals surface area contributed by atoms with Crippen molar-refractivity contribution in [2.24, 2.45) is 5.92 Å². The summed E-state index contributed by atoms with van der Waals surface area (Å²) in [6.45, 7) is 1.45. The van der Waals surface area contributed by atoms with E-state index in [1.807, 2.05) is 11.0 Å². The van der Waals surface area contributed by atoms with Crippen LogP contribution in [0.25, 0.3) is 4.96 Å². The number of nitrogens with one attached hydrogen (secondary N) is 1. The number of benzene rings is 1. The van der Waals surface area contributed by atoms with Gasteiger partial charge in [0.2, 0.25) is 11.7 Å². The van der Waals surface area contributed by atoms with Gasteiger partial charge in [0.1, 0.15) is 6.20 Å². The zero-order valence-corrected chi connectivity index (χ0v) is 16.1. The van der Waals surface area contributed by atoms with Gasteiger partial charge in [-0.3, -0.25) is 4.79 Å². The van der Waals surface area contributed by atoms with Crippen molar-refractivity contribution in [3.63, 3.8) is 0 Å². The van der Waals surface area contributed by atoms with Crippen molar-refractivity contribution in [3.8, 4) is 0 Å². The minimum absolute atomic E-state index is 0.00895. The Bertz CT molecular complexity index is 976. The second-order valence-electron chi connectivity index (χ2n) is 6.96. The number of nitrogens with zero attached hydrogens (tertiary/aromatic N) is 4. The molecule has 1 amide bonds. The predicted molar refractivity (Wildman–Crippen MR) is 108 cm³/mol. The van der Waals surface area contributed by atoms with Crippen LogP contribution in [0.3, 0.4) is 0 Å². The molecule has 0 bridgehead atoms. The number of hydrogen-bond acceptors (Lipinski definition) is 6. The van der Waals surface area contributed by atoms with Gasteiger partial charge < -0.3 is 20.3 Å². The molecular weight excluding hydrogens is 378 g/mol. The molecule has 28 heavy (non-hydrogen) atoms. The molecule has 4 rings (SSSR count). The molecule has 1 aliphatic heterocycles. The summed E-state index contributed by atoms with van der Waals surface area (Å²) in [6.07, 6.45) is 4.59. The molecule has 0 saturated carbocycles. The van der Waals surface area contributed by atoms with E-state index in [-0.39, 0.29) is 24.1 Å². The molecule has 0 atom stereocenters. The van der Waals surface area contributed by atoms with Crippen LogP contribution in [0.1, 0.15) is 18.4 Å². The number of fused-ring (bicyclic) bond motifs is 1. The highest BCUT2D eigenvalue weighted by atomic mass is 32.1. The molecule has 1 saturated heterocycles. The maximum atomic E-state index is 12.5. The molecule has 0 radical (unpaired) electrons. The van der Waals surface area contributed by atoms with Gasteiger partial charge >= 0.3 is 5.82 Å². The first-order chi connectivity index (χ1) is 13.6. The molecule has 1 aliphatic rings. The van der Waals surface area contributed by atoms with Crippen LogP contribution in [0, 0.1) is 16.0 Å². The van der Waals surface area contributed by atoms with Crippen LogP contribution in [-0.4, -0.2) is 44.7 Å². The molecule has 3 aromatic rings. The number of piperidine rings is 1. The number of rotatable bonds is 6. The van der Waals surface area contributed by atoms with E-state index in [0.29, 0.717) is 10.9 Å². The zero-order chi connectivity index (χ0) is 19.5. The van der Waals surface area contributed by atoms with Crippen LogP contribution in [0.4, 0.5) is 11.6 Å². The van der Waals surface area contributed by atoms with Crippen LogP contribution in [0.2, 0.25) is 0 Å². The third kappa shape index (κ3) is 3.84. The molecule has 0 aliphatic carbocycles. The number of likely N-dealkylation sites (tertiary alicyclic amines) is 1. The van der Waals surface area contributed by atoms with Crippen LogP contribution in [0.5, 0.6) is 0 Å². The second kappa shape index (κ2) is 7.97. The molecular formula is C19H21N5O3S. The van der Waals surface area contributed by atoms with E-state index in [2.05, 4.69) is 34.6 Å². The Morgan fingerprint density at radius 3 is 2.75 bits per heavy atom. The smallest absolute Gasteiger partial charge is 0.358 e. The Labute approximate surface area is 166 Å². The van der Waals surface area contributed by atoms with E-state index in [0.717, 1.165) is 32.4 Å². The Morgan fingerprint density at radius 1 is 1.29 bits per heavy atom. The molecule has 3 heterocycles. The Morgan fingerprint density at radius 2 is 2.04 bits per heavy atom. The maximum absolute atomic E-state index is 12.5. The van der Waals surface area contributed by atoms with Crippen molar-refractivity contribution in [1.82, 2.24) is 14.3 Å². The number of carbonyl (C=O) groups excluding carboxylic acids is 1. The lowest BCUT2D eigenvalue weighted by atomic mass is 9.90. The van der Waals surface area contributed by atoms with Gasteiger partial charge in [0.15, 0.2) is 0 Å². The van der Waals surface area contributed by atoms with Gasteiger partial charge in [0.25, 0.3) is 4.96 Å². The molecule has 2 aromatic heterocycles. The van der Waals surface area contributed by atoms with Gasteiger partial charge in [-0.1, -0.05) is 41.7 Å². The van der Waals surface area contributed by atoms with Gasteiger partial charge in [-0.25, -0.2) is 0 Å². The van der Waals surface area contributed by atoms with Crippen molar-refractivity contribution >= 4 is 33.8 Å². The van der Waals surface area contributed by atoms with Crippen molar-refractivity contribution in [2.45, 2.75) is 19.3 Å². The normalized spacial score (nSPS) is 15.1. The van der Waals surface area contributed by atoms with Gasteiger partial charge in [-0.2, -0.15) is 9.38 Å². The molecule has 1 aromatic carbocycles. The fourth-order valence-corrected chi connectivity index (χ4v) is 4.38. The van der Waals surface area contributed by atoms with Crippen LogP contribution >= 0.6 is 11.3 Å². The average molecular weight is 399 g/mol. The average Bonchev–Trinajstić information content (AvgIpc) is 3.28. The molecule has 0 unspecified atom stereocenters. The first-order valence-electron chi connectivity index (χ1n) is 9.27. The maximum Gasteiger partial charge on any atom is 0.372 e. The highest BCUT2D eigenvalue weighted by Gasteiger charge is 2.26. The molecule has 1 fully saturated rings. The van der Waals surface area contributed by atoms with Crippen molar-refractivity contribution < 1.29 is 9.72 Å². The van der Waals surface area contributed by atoms with Gasteiger partial charge in [0.05, 0.1) is 6.54 Å². The lowest BCUT2D eigenvalue weighted by Crippen LogP contribution is -2.41. The summed E-state index contributed by atoms with van der Waals surface area (Å²) < 4.78 is 1.42.